The zero-order chi connectivity index (χ0) is 12.1. The highest BCUT2D eigenvalue weighted by molar-refractivity contribution is 5.83. The van der Waals surface area contributed by atoms with Crippen molar-refractivity contribution in [2.45, 2.75) is 38.3 Å². The summed E-state index contributed by atoms with van der Waals surface area (Å²) in [6.45, 7) is 2.96. The van der Waals surface area contributed by atoms with E-state index in [0.29, 0.717) is 6.04 Å². The van der Waals surface area contributed by atoms with Crippen LogP contribution in [0.2, 0.25) is 0 Å². The van der Waals surface area contributed by atoms with Gasteiger partial charge in [-0.25, -0.2) is 0 Å². The molecule has 0 bridgehead atoms. The van der Waals surface area contributed by atoms with Gasteiger partial charge in [0.15, 0.2) is 0 Å². The largest absolute Gasteiger partial charge is 0.352 e. The van der Waals surface area contributed by atoms with Gasteiger partial charge in [-0.1, -0.05) is 37.3 Å². The van der Waals surface area contributed by atoms with Gasteiger partial charge in [-0.05, 0) is 31.4 Å². The Morgan fingerprint density at radius 1 is 1.35 bits per heavy atom. The molecule has 1 unspecified atom stereocenters. The predicted molar refractivity (Wildman–Crippen MR) is 68.6 cm³/mol. The molecule has 3 nitrogen and oxygen atoms in total. The Morgan fingerprint density at radius 2 is 2.06 bits per heavy atom. The van der Waals surface area contributed by atoms with Crippen LogP contribution in [0.3, 0.4) is 0 Å². The minimum absolute atomic E-state index is 0.104. The molecule has 3 heteroatoms. The lowest BCUT2D eigenvalue weighted by atomic mass is 10.1. The van der Waals surface area contributed by atoms with Crippen LogP contribution in [0.4, 0.5) is 0 Å². The lowest BCUT2D eigenvalue weighted by Crippen LogP contribution is -2.38. The molecule has 0 spiro atoms. The summed E-state index contributed by atoms with van der Waals surface area (Å²) in [7, 11) is 0. The van der Waals surface area contributed by atoms with Gasteiger partial charge in [0, 0.05) is 6.04 Å². The van der Waals surface area contributed by atoms with Crippen molar-refractivity contribution in [1.82, 2.24) is 10.6 Å². The van der Waals surface area contributed by atoms with Gasteiger partial charge in [0.05, 0.1) is 0 Å². The zero-order valence-electron chi connectivity index (χ0n) is 10.3. The second-order valence-corrected chi connectivity index (χ2v) is 4.58. The number of amides is 1. The highest BCUT2D eigenvalue weighted by atomic mass is 16.2. The van der Waals surface area contributed by atoms with Crippen LogP contribution in [0.1, 0.15) is 37.8 Å². The van der Waals surface area contributed by atoms with Crippen molar-refractivity contribution in [2.24, 2.45) is 0 Å². The maximum atomic E-state index is 12.1. The van der Waals surface area contributed by atoms with Crippen molar-refractivity contribution in [1.29, 1.82) is 0 Å². The Morgan fingerprint density at radius 3 is 2.65 bits per heavy atom. The average Bonchev–Trinajstić information content (AvgIpc) is 3.15. The van der Waals surface area contributed by atoms with Gasteiger partial charge in [0.2, 0.25) is 5.91 Å². The highest BCUT2D eigenvalue weighted by Gasteiger charge is 2.27. The van der Waals surface area contributed by atoms with Gasteiger partial charge in [-0.2, -0.15) is 0 Å². The first-order valence-electron chi connectivity index (χ1n) is 6.40. The Hall–Kier alpha value is -1.35. The second kappa shape index (κ2) is 5.82. The molecule has 0 saturated heterocycles. The second-order valence-electron chi connectivity index (χ2n) is 4.58. The van der Waals surface area contributed by atoms with Crippen LogP contribution < -0.4 is 10.6 Å². The Labute approximate surface area is 103 Å². The first-order valence-corrected chi connectivity index (χ1v) is 6.40. The van der Waals surface area contributed by atoms with Crippen LogP contribution >= 0.6 is 0 Å². The lowest BCUT2D eigenvalue weighted by molar-refractivity contribution is -0.123. The van der Waals surface area contributed by atoms with E-state index in [1.807, 2.05) is 30.3 Å². The van der Waals surface area contributed by atoms with Gasteiger partial charge in [-0.15, -0.1) is 0 Å². The SMILES string of the molecule is CCCNC(C(=O)NC1CC1)c1ccccc1. The molecule has 1 aliphatic carbocycles. The van der Waals surface area contributed by atoms with Crippen molar-refractivity contribution in [3.05, 3.63) is 35.9 Å². The van der Waals surface area contributed by atoms with E-state index in [2.05, 4.69) is 17.6 Å². The van der Waals surface area contributed by atoms with Crippen LogP contribution in [0, 0.1) is 0 Å². The lowest BCUT2D eigenvalue weighted by Gasteiger charge is -2.18. The molecule has 0 aromatic heterocycles. The molecule has 2 N–H and O–H groups in total. The molecule has 0 radical (unpaired) electrons. The first-order chi connectivity index (χ1) is 8.31. The number of hydrogen-bond donors (Lipinski definition) is 2. The van der Waals surface area contributed by atoms with E-state index < -0.39 is 0 Å². The average molecular weight is 232 g/mol. The van der Waals surface area contributed by atoms with Crippen LogP contribution in [0.15, 0.2) is 30.3 Å². The monoisotopic (exact) mass is 232 g/mol. The van der Waals surface area contributed by atoms with Crippen LogP contribution in [0.25, 0.3) is 0 Å². The van der Waals surface area contributed by atoms with E-state index in [1.54, 1.807) is 0 Å². The molecule has 1 amide bonds. The van der Waals surface area contributed by atoms with E-state index in [9.17, 15) is 4.79 Å². The maximum Gasteiger partial charge on any atom is 0.241 e. The van der Waals surface area contributed by atoms with Crippen LogP contribution in [-0.2, 0) is 4.79 Å². The molecule has 0 heterocycles. The molecular weight excluding hydrogens is 212 g/mol. The summed E-state index contributed by atoms with van der Waals surface area (Å²) in [6, 6.07) is 10.1. The van der Waals surface area contributed by atoms with Crippen molar-refractivity contribution in [3.63, 3.8) is 0 Å². The van der Waals surface area contributed by atoms with E-state index in [1.165, 1.54) is 0 Å². The Kier molecular flexibility index (Phi) is 4.15. The first kappa shape index (κ1) is 12.1. The fraction of sp³-hybridized carbons (Fsp3) is 0.500. The minimum atomic E-state index is -0.211. The third kappa shape index (κ3) is 3.56. The molecule has 17 heavy (non-hydrogen) atoms. The molecule has 1 aromatic rings. The summed E-state index contributed by atoms with van der Waals surface area (Å²) in [5.41, 5.74) is 1.04. The number of nitrogens with one attached hydrogen (secondary N) is 2. The minimum Gasteiger partial charge on any atom is -0.352 e. The number of benzene rings is 1. The van der Waals surface area contributed by atoms with Crippen molar-refractivity contribution in [2.75, 3.05) is 6.54 Å². The molecule has 1 atom stereocenters. The Bertz CT molecular complexity index is 360. The van der Waals surface area contributed by atoms with Crippen molar-refractivity contribution < 1.29 is 4.79 Å². The normalized spacial score (nSPS) is 16.5. The van der Waals surface area contributed by atoms with E-state index in [4.69, 9.17) is 0 Å². The summed E-state index contributed by atoms with van der Waals surface area (Å²) in [4.78, 5) is 12.1. The van der Waals surface area contributed by atoms with Gasteiger partial charge in [-0.3, -0.25) is 4.79 Å². The number of carbonyl (C=O) groups excluding carboxylic acids is 1. The molecule has 92 valence electrons. The number of hydrogen-bond acceptors (Lipinski definition) is 2. The van der Waals surface area contributed by atoms with Gasteiger partial charge in [0.25, 0.3) is 0 Å². The predicted octanol–water partition coefficient (Wildman–Crippen LogP) is 2.01. The maximum absolute atomic E-state index is 12.1. The van der Waals surface area contributed by atoms with Crippen LogP contribution in [0.5, 0.6) is 0 Å². The molecule has 2 rings (SSSR count). The third-order valence-corrected chi connectivity index (χ3v) is 2.92. The fourth-order valence-electron chi connectivity index (χ4n) is 1.81. The molecule has 1 saturated carbocycles. The molecule has 1 aromatic carbocycles. The van der Waals surface area contributed by atoms with E-state index >= 15 is 0 Å². The van der Waals surface area contributed by atoms with Crippen molar-refractivity contribution in [3.8, 4) is 0 Å². The quantitative estimate of drug-likeness (QED) is 0.787. The summed E-state index contributed by atoms with van der Waals surface area (Å²) in [6.07, 6.45) is 3.28. The summed E-state index contributed by atoms with van der Waals surface area (Å²) < 4.78 is 0. The topological polar surface area (TPSA) is 41.1 Å². The van der Waals surface area contributed by atoms with Gasteiger partial charge >= 0.3 is 0 Å². The van der Waals surface area contributed by atoms with Gasteiger partial charge in [0.1, 0.15) is 6.04 Å². The van der Waals surface area contributed by atoms with Crippen molar-refractivity contribution >= 4 is 5.91 Å². The molecule has 1 aliphatic rings. The highest BCUT2D eigenvalue weighted by Crippen LogP contribution is 2.21. The zero-order valence-corrected chi connectivity index (χ0v) is 10.3. The summed E-state index contributed by atoms with van der Waals surface area (Å²) in [5, 5.41) is 6.37. The number of rotatable bonds is 6. The van der Waals surface area contributed by atoms with Crippen LogP contribution in [-0.4, -0.2) is 18.5 Å². The smallest absolute Gasteiger partial charge is 0.241 e. The summed E-state index contributed by atoms with van der Waals surface area (Å²) >= 11 is 0. The van der Waals surface area contributed by atoms with E-state index in [0.717, 1.165) is 31.4 Å². The number of carbonyl (C=O) groups is 1. The summed E-state index contributed by atoms with van der Waals surface area (Å²) in [5.74, 6) is 0.104. The molecule has 0 aliphatic heterocycles. The Balaban J connectivity index is 2.03. The fourth-order valence-corrected chi connectivity index (χ4v) is 1.81. The van der Waals surface area contributed by atoms with Gasteiger partial charge < -0.3 is 10.6 Å². The van der Waals surface area contributed by atoms with E-state index in [-0.39, 0.29) is 11.9 Å². The standard InChI is InChI=1S/C14H20N2O/c1-2-10-15-13(11-6-4-3-5-7-11)14(17)16-12-8-9-12/h3-7,12-13,15H,2,8-10H2,1H3,(H,16,17). The third-order valence-electron chi connectivity index (χ3n) is 2.92. The molecular formula is C14H20N2O. The molecule has 1 fully saturated rings.